The summed E-state index contributed by atoms with van der Waals surface area (Å²) in [7, 11) is -3.57. The van der Waals surface area contributed by atoms with Crippen LogP contribution < -0.4 is 4.72 Å². The van der Waals surface area contributed by atoms with E-state index in [-0.39, 0.29) is 0 Å². The molecular formula is C20H27NO2S. The van der Waals surface area contributed by atoms with E-state index in [9.17, 15) is 8.42 Å². The monoisotopic (exact) mass is 345 g/mol. The molecule has 24 heavy (non-hydrogen) atoms. The van der Waals surface area contributed by atoms with Crippen molar-refractivity contribution in [2.24, 2.45) is 0 Å². The van der Waals surface area contributed by atoms with E-state index in [1.54, 1.807) is 6.07 Å². The molecule has 0 radical (unpaired) electrons. The lowest BCUT2D eigenvalue weighted by Gasteiger charge is -2.13. The van der Waals surface area contributed by atoms with Gasteiger partial charge in [-0.3, -0.25) is 4.72 Å². The van der Waals surface area contributed by atoms with E-state index in [0.717, 1.165) is 36.8 Å². The molecule has 2 aromatic rings. The van der Waals surface area contributed by atoms with E-state index in [2.05, 4.69) is 11.6 Å². The molecule has 0 spiro atoms. The highest BCUT2D eigenvalue weighted by Gasteiger charge is 2.18. The Kier molecular flexibility index (Phi) is 6.44. The third kappa shape index (κ3) is 4.60. The molecule has 0 heterocycles. The van der Waals surface area contributed by atoms with Gasteiger partial charge in [0, 0.05) is 5.69 Å². The second-order valence-corrected chi connectivity index (χ2v) is 7.71. The van der Waals surface area contributed by atoms with Crippen LogP contribution in [0.1, 0.15) is 50.3 Å². The zero-order valence-corrected chi connectivity index (χ0v) is 15.6. The Bertz CT molecular complexity index is 765. The third-order valence-electron chi connectivity index (χ3n) is 4.24. The maximum atomic E-state index is 12.8. The normalized spacial score (nSPS) is 11.5. The quantitative estimate of drug-likeness (QED) is 0.735. The first-order valence-electron chi connectivity index (χ1n) is 8.73. The molecule has 0 bridgehead atoms. The van der Waals surface area contributed by atoms with Crippen LogP contribution in [0.4, 0.5) is 5.69 Å². The average molecular weight is 346 g/mol. The number of aryl methyl sites for hydroxylation is 3. The van der Waals surface area contributed by atoms with Crippen molar-refractivity contribution in [1.82, 2.24) is 0 Å². The number of rotatable bonds is 8. The predicted molar refractivity (Wildman–Crippen MR) is 101 cm³/mol. The lowest BCUT2D eigenvalue weighted by Crippen LogP contribution is -2.15. The topological polar surface area (TPSA) is 46.2 Å². The maximum Gasteiger partial charge on any atom is 0.262 e. The minimum Gasteiger partial charge on any atom is -0.280 e. The summed E-state index contributed by atoms with van der Waals surface area (Å²) in [5.74, 6) is 0. The maximum absolute atomic E-state index is 12.8. The molecule has 3 nitrogen and oxygen atoms in total. The molecule has 0 amide bonds. The van der Waals surface area contributed by atoms with Crippen molar-refractivity contribution < 1.29 is 8.42 Å². The second kappa shape index (κ2) is 8.34. The van der Waals surface area contributed by atoms with Crippen molar-refractivity contribution in [3.05, 3.63) is 59.2 Å². The van der Waals surface area contributed by atoms with Crippen molar-refractivity contribution in [3.8, 4) is 0 Å². The number of unbranched alkanes of at least 4 members (excludes halogenated alkanes) is 1. The Morgan fingerprint density at radius 3 is 2.12 bits per heavy atom. The van der Waals surface area contributed by atoms with Gasteiger partial charge in [0.2, 0.25) is 0 Å². The average Bonchev–Trinajstić information content (AvgIpc) is 2.60. The third-order valence-corrected chi connectivity index (χ3v) is 5.70. The van der Waals surface area contributed by atoms with Gasteiger partial charge in [-0.1, -0.05) is 51.5 Å². The minimum absolute atomic E-state index is 0.388. The zero-order chi connectivity index (χ0) is 17.6. The fourth-order valence-corrected chi connectivity index (χ4v) is 4.11. The van der Waals surface area contributed by atoms with Crippen molar-refractivity contribution in [1.29, 1.82) is 0 Å². The van der Waals surface area contributed by atoms with Gasteiger partial charge in [-0.15, -0.1) is 0 Å². The number of sulfonamides is 1. The second-order valence-electron chi connectivity index (χ2n) is 6.06. The van der Waals surface area contributed by atoms with Crippen molar-refractivity contribution >= 4 is 15.7 Å². The van der Waals surface area contributed by atoms with Gasteiger partial charge in [-0.25, -0.2) is 8.42 Å². The fraction of sp³-hybridized carbons (Fsp3) is 0.400. The van der Waals surface area contributed by atoms with E-state index >= 15 is 0 Å². The van der Waals surface area contributed by atoms with Gasteiger partial charge in [0.05, 0.1) is 4.90 Å². The summed E-state index contributed by atoms with van der Waals surface area (Å²) in [6, 6.07) is 13.4. The van der Waals surface area contributed by atoms with Gasteiger partial charge < -0.3 is 0 Å². The minimum atomic E-state index is -3.57. The van der Waals surface area contributed by atoms with E-state index in [1.165, 1.54) is 5.56 Å². The molecular weight excluding hydrogens is 318 g/mol. The van der Waals surface area contributed by atoms with E-state index in [0.29, 0.717) is 17.0 Å². The van der Waals surface area contributed by atoms with E-state index < -0.39 is 10.0 Å². The first kappa shape index (κ1) is 18.5. The zero-order valence-electron chi connectivity index (χ0n) is 14.8. The number of anilines is 1. The highest BCUT2D eigenvalue weighted by atomic mass is 32.2. The number of hydrogen-bond donors (Lipinski definition) is 1. The summed E-state index contributed by atoms with van der Waals surface area (Å²) in [4.78, 5) is 0.388. The lowest BCUT2D eigenvalue weighted by molar-refractivity contribution is 0.600. The number of benzene rings is 2. The molecule has 0 aliphatic rings. The molecule has 0 aromatic heterocycles. The summed E-state index contributed by atoms with van der Waals surface area (Å²) < 4.78 is 28.3. The Balaban J connectivity index is 2.25. The van der Waals surface area contributed by atoms with Crippen LogP contribution in [0.2, 0.25) is 0 Å². The van der Waals surface area contributed by atoms with Gasteiger partial charge in [-0.05, 0) is 60.6 Å². The van der Waals surface area contributed by atoms with E-state index in [4.69, 9.17) is 0 Å². The number of hydrogen-bond acceptors (Lipinski definition) is 2. The number of nitrogens with one attached hydrogen (secondary N) is 1. The smallest absolute Gasteiger partial charge is 0.262 e. The predicted octanol–water partition coefficient (Wildman–Crippen LogP) is 4.95. The van der Waals surface area contributed by atoms with Crippen molar-refractivity contribution in [2.45, 2.75) is 57.8 Å². The van der Waals surface area contributed by atoms with Crippen LogP contribution in [-0.4, -0.2) is 8.42 Å². The van der Waals surface area contributed by atoms with E-state index in [1.807, 2.05) is 50.2 Å². The van der Waals surface area contributed by atoms with Crippen LogP contribution in [-0.2, 0) is 29.3 Å². The lowest BCUT2D eigenvalue weighted by atomic mass is 10.1. The molecule has 0 aliphatic carbocycles. The molecule has 1 N–H and O–H groups in total. The molecule has 130 valence electrons. The van der Waals surface area contributed by atoms with Crippen molar-refractivity contribution in [3.63, 3.8) is 0 Å². The summed E-state index contributed by atoms with van der Waals surface area (Å²) in [5, 5.41) is 0. The Hall–Kier alpha value is -1.81. The van der Waals surface area contributed by atoms with Crippen LogP contribution in [0.5, 0.6) is 0 Å². The van der Waals surface area contributed by atoms with Crippen LogP contribution in [0.25, 0.3) is 0 Å². The molecule has 4 heteroatoms. The summed E-state index contributed by atoms with van der Waals surface area (Å²) >= 11 is 0. The Labute approximate surface area is 146 Å². The molecule has 2 rings (SSSR count). The molecule has 0 saturated carbocycles. The van der Waals surface area contributed by atoms with Gasteiger partial charge in [-0.2, -0.15) is 0 Å². The van der Waals surface area contributed by atoms with Crippen LogP contribution >= 0.6 is 0 Å². The Morgan fingerprint density at radius 2 is 1.54 bits per heavy atom. The standard InChI is InChI=1S/C20H27NO2S/c1-4-7-8-17-10-13-19(14-11-17)21-24(22,23)20-15-16(5-2)9-12-18(20)6-3/h9-15,21H,4-8H2,1-3H3. The van der Waals surface area contributed by atoms with Gasteiger partial charge in [0.1, 0.15) is 0 Å². The largest absolute Gasteiger partial charge is 0.280 e. The highest BCUT2D eigenvalue weighted by molar-refractivity contribution is 7.92. The van der Waals surface area contributed by atoms with Crippen LogP contribution in [0.15, 0.2) is 47.4 Å². The van der Waals surface area contributed by atoms with Crippen molar-refractivity contribution in [2.75, 3.05) is 4.72 Å². The SMILES string of the molecule is CCCCc1ccc(NS(=O)(=O)c2cc(CC)ccc2CC)cc1. The summed E-state index contributed by atoms with van der Waals surface area (Å²) in [6.45, 7) is 6.17. The molecule has 0 fully saturated rings. The van der Waals surface area contributed by atoms with Gasteiger partial charge in [0.15, 0.2) is 0 Å². The molecule has 2 aromatic carbocycles. The molecule has 0 saturated heterocycles. The summed E-state index contributed by atoms with van der Waals surface area (Å²) in [5.41, 5.74) is 3.72. The van der Waals surface area contributed by atoms with Gasteiger partial charge >= 0.3 is 0 Å². The first-order valence-corrected chi connectivity index (χ1v) is 10.2. The molecule has 0 atom stereocenters. The Morgan fingerprint density at radius 1 is 0.875 bits per heavy atom. The fourth-order valence-electron chi connectivity index (χ4n) is 2.69. The molecule has 0 unspecified atom stereocenters. The van der Waals surface area contributed by atoms with Crippen LogP contribution in [0, 0.1) is 0 Å². The molecule has 0 aliphatic heterocycles. The first-order chi connectivity index (χ1) is 11.5. The van der Waals surface area contributed by atoms with Gasteiger partial charge in [0.25, 0.3) is 10.0 Å². The summed E-state index contributed by atoms with van der Waals surface area (Å²) in [6.07, 6.45) is 4.84. The highest BCUT2D eigenvalue weighted by Crippen LogP contribution is 2.22. The van der Waals surface area contributed by atoms with Crippen LogP contribution in [0.3, 0.4) is 0 Å².